The lowest BCUT2D eigenvalue weighted by molar-refractivity contribution is 0.104. The van der Waals surface area contributed by atoms with Crippen LogP contribution in [-0.2, 0) is 10.0 Å². The molecule has 6 heteroatoms. The topological polar surface area (TPSA) is 72.5 Å². The number of ketones is 1. The van der Waals surface area contributed by atoms with E-state index in [1.54, 1.807) is 30.3 Å². The number of anilines is 1. The Morgan fingerprint density at radius 2 is 1.79 bits per heavy atom. The van der Waals surface area contributed by atoms with E-state index in [4.69, 9.17) is 4.74 Å². The smallest absolute Gasteiger partial charge is 0.229 e. The summed E-state index contributed by atoms with van der Waals surface area (Å²) < 4.78 is 30.7. The Bertz CT molecular complexity index is 857. The quantitative estimate of drug-likeness (QED) is 0.617. The number of allylic oxidation sites excluding steroid dienone is 1. The van der Waals surface area contributed by atoms with Crippen LogP contribution in [0.3, 0.4) is 0 Å². The van der Waals surface area contributed by atoms with E-state index in [0.717, 1.165) is 11.8 Å². The van der Waals surface area contributed by atoms with Crippen LogP contribution in [0, 0.1) is 0 Å². The highest BCUT2D eigenvalue weighted by atomic mass is 32.2. The number of sulfonamides is 1. The second-order valence-corrected chi connectivity index (χ2v) is 6.84. The van der Waals surface area contributed by atoms with Crippen LogP contribution < -0.4 is 9.46 Å². The fourth-order valence-corrected chi connectivity index (χ4v) is 2.72. The van der Waals surface area contributed by atoms with Crippen LogP contribution in [0.25, 0.3) is 6.08 Å². The maximum absolute atomic E-state index is 12.4. The van der Waals surface area contributed by atoms with Crippen LogP contribution in [0.1, 0.15) is 22.8 Å². The zero-order valence-corrected chi connectivity index (χ0v) is 14.3. The predicted octanol–water partition coefficient (Wildman–Crippen LogP) is 3.35. The molecular weight excluding hydrogens is 326 g/mol. The van der Waals surface area contributed by atoms with E-state index in [2.05, 4.69) is 4.72 Å². The van der Waals surface area contributed by atoms with Gasteiger partial charge in [-0.3, -0.25) is 9.52 Å². The molecule has 0 aromatic heterocycles. The first-order chi connectivity index (χ1) is 11.4. The van der Waals surface area contributed by atoms with Crippen molar-refractivity contribution in [2.75, 3.05) is 17.6 Å². The van der Waals surface area contributed by atoms with E-state index in [0.29, 0.717) is 12.4 Å². The van der Waals surface area contributed by atoms with Crippen molar-refractivity contribution >= 4 is 27.6 Å². The second kappa shape index (κ2) is 7.79. The fraction of sp³-hybridized carbons (Fsp3) is 0.167. The summed E-state index contributed by atoms with van der Waals surface area (Å²) in [6.45, 7) is 2.42. The molecule has 0 fully saturated rings. The number of hydrogen-bond acceptors (Lipinski definition) is 4. The normalized spacial score (nSPS) is 11.4. The molecule has 0 aliphatic rings. The average Bonchev–Trinajstić information content (AvgIpc) is 2.53. The van der Waals surface area contributed by atoms with Crippen molar-refractivity contribution in [1.82, 2.24) is 0 Å². The van der Waals surface area contributed by atoms with Gasteiger partial charge in [0.05, 0.1) is 18.6 Å². The molecule has 0 unspecified atom stereocenters. The van der Waals surface area contributed by atoms with Gasteiger partial charge < -0.3 is 4.74 Å². The first-order valence-corrected chi connectivity index (χ1v) is 9.31. The monoisotopic (exact) mass is 345 g/mol. The number of ether oxygens (including phenoxy) is 1. The Morgan fingerprint density at radius 1 is 1.12 bits per heavy atom. The molecule has 1 N–H and O–H groups in total. The molecule has 0 amide bonds. The summed E-state index contributed by atoms with van der Waals surface area (Å²) in [6, 6.07) is 13.9. The number of benzene rings is 2. The molecule has 0 saturated heterocycles. The first kappa shape index (κ1) is 17.7. The van der Waals surface area contributed by atoms with Crippen LogP contribution in [0.15, 0.2) is 54.6 Å². The number of para-hydroxylation sites is 2. The van der Waals surface area contributed by atoms with Gasteiger partial charge in [-0.1, -0.05) is 30.3 Å². The number of nitrogens with one attached hydrogen (secondary N) is 1. The van der Waals surface area contributed by atoms with Gasteiger partial charge in [0, 0.05) is 11.1 Å². The van der Waals surface area contributed by atoms with E-state index in [1.165, 1.54) is 6.08 Å². The molecule has 2 rings (SSSR count). The fourth-order valence-electron chi connectivity index (χ4n) is 2.15. The van der Waals surface area contributed by atoms with Gasteiger partial charge in [0.15, 0.2) is 5.78 Å². The van der Waals surface area contributed by atoms with Crippen molar-refractivity contribution in [2.24, 2.45) is 0 Å². The van der Waals surface area contributed by atoms with Gasteiger partial charge in [0.1, 0.15) is 5.75 Å². The van der Waals surface area contributed by atoms with Gasteiger partial charge in [-0.05, 0) is 37.3 Å². The van der Waals surface area contributed by atoms with E-state index in [1.807, 2.05) is 31.2 Å². The van der Waals surface area contributed by atoms with E-state index in [9.17, 15) is 13.2 Å². The third kappa shape index (κ3) is 4.96. The molecule has 0 heterocycles. The molecule has 0 atom stereocenters. The van der Waals surface area contributed by atoms with Crippen molar-refractivity contribution in [3.63, 3.8) is 0 Å². The summed E-state index contributed by atoms with van der Waals surface area (Å²) in [7, 11) is -3.46. The van der Waals surface area contributed by atoms with Gasteiger partial charge >= 0.3 is 0 Å². The summed E-state index contributed by atoms with van der Waals surface area (Å²) in [4.78, 5) is 12.4. The van der Waals surface area contributed by atoms with Gasteiger partial charge in [0.2, 0.25) is 10.0 Å². The molecule has 0 aliphatic heterocycles. The SMILES string of the molecule is CCOc1ccccc1C=CC(=O)c1ccccc1NS(C)(=O)=O. The van der Waals surface area contributed by atoms with Crippen molar-refractivity contribution in [1.29, 1.82) is 0 Å². The van der Waals surface area contributed by atoms with Crippen molar-refractivity contribution in [3.05, 3.63) is 65.7 Å². The number of hydrogen-bond donors (Lipinski definition) is 1. The standard InChI is InChI=1S/C18H19NO4S/c1-3-23-18-11-7-4-8-14(18)12-13-17(20)15-9-5-6-10-16(15)19-24(2,21)22/h4-13,19H,3H2,1-2H3. The Morgan fingerprint density at radius 3 is 2.50 bits per heavy atom. The second-order valence-electron chi connectivity index (χ2n) is 5.09. The Balaban J connectivity index is 2.28. The summed E-state index contributed by atoms with van der Waals surface area (Å²) in [5.41, 5.74) is 1.32. The maximum Gasteiger partial charge on any atom is 0.229 e. The van der Waals surface area contributed by atoms with Crippen molar-refractivity contribution in [3.8, 4) is 5.75 Å². The highest BCUT2D eigenvalue weighted by Gasteiger charge is 2.11. The van der Waals surface area contributed by atoms with E-state index < -0.39 is 10.0 Å². The minimum absolute atomic E-state index is 0.257. The lowest BCUT2D eigenvalue weighted by atomic mass is 10.1. The third-order valence-electron chi connectivity index (χ3n) is 3.12. The maximum atomic E-state index is 12.4. The van der Waals surface area contributed by atoms with Crippen LogP contribution >= 0.6 is 0 Å². The minimum Gasteiger partial charge on any atom is -0.493 e. The molecular formula is C18H19NO4S. The van der Waals surface area contributed by atoms with Crippen molar-refractivity contribution in [2.45, 2.75) is 6.92 Å². The number of carbonyl (C=O) groups is 1. The third-order valence-corrected chi connectivity index (χ3v) is 3.71. The lowest BCUT2D eigenvalue weighted by Gasteiger charge is -2.08. The average molecular weight is 345 g/mol. The van der Waals surface area contributed by atoms with Crippen molar-refractivity contribution < 1.29 is 17.9 Å². The number of rotatable bonds is 7. The van der Waals surface area contributed by atoms with E-state index in [-0.39, 0.29) is 17.0 Å². The molecule has 0 radical (unpaired) electrons. The Kier molecular flexibility index (Phi) is 5.76. The largest absolute Gasteiger partial charge is 0.493 e. The minimum atomic E-state index is -3.46. The van der Waals surface area contributed by atoms with Crippen LogP contribution in [0.4, 0.5) is 5.69 Å². The lowest BCUT2D eigenvalue weighted by Crippen LogP contribution is -2.12. The van der Waals surface area contributed by atoms with Crippen LogP contribution in [0.5, 0.6) is 5.75 Å². The van der Waals surface area contributed by atoms with Crippen LogP contribution in [-0.4, -0.2) is 27.1 Å². The molecule has 0 bridgehead atoms. The molecule has 5 nitrogen and oxygen atoms in total. The van der Waals surface area contributed by atoms with Gasteiger partial charge in [-0.15, -0.1) is 0 Å². The zero-order chi connectivity index (χ0) is 17.6. The zero-order valence-electron chi connectivity index (χ0n) is 13.5. The Hall–Kier alpha value is -2.60. The first-order valence-electron chi connectivity index (χ1n) is 7.42. The molecule has 0 aliphatic carbocycles. The summed E-state index contributed by atoms with van der Waals surface area (Å²) in [5.74, 6) is 0.389. The molecule has 2 aromatic carbocycles. The van der Waals surface area contributed by atoms with E-state index >= 15 is 0 Å². The molecule has 24 heavy (non-hydrogen) atoms. The highest BCUT2D eigenvalue weighted by molar-refractivity contribution is 7.92. The summed E-state index contributed by atoms with van der Waals surface area (Å²) in [6.07, 6.45) is 4.10. The summed E-state index contributed by atoms with van der Waals surface area (Å²) >= 11 is 0. The molecule has 0 spiro atoms. The van der Waals surface area contributed by atoms with Gasteiger partial charge in [0.25, 0.3) is 0 Å². The molecule has 126 valence electrons. The number of carbonyl (C=O) groups excluding carboxylic acids is 1. The van der Waals surface area contributed by atoms with Gasteiger partial charge in [-0.2, -0.15) is 0 Å². The molecule has 2 aromatic rings. The summed E-state index contributed by atoms with van der Waals surface area (Å²) in [5, 5.41) is 0. The van der Waals surface area contributed by atoms with Gasteiger partial charge in [-0.25, -0.2) is 8.42 Å². The predicted molar refractivity (Wildman–Crippen MR) is 95.9 cm³/mol. The highest BCUT2D eigenvalue weighted by Crippen LogP contribution is 2.21. The van der Waals surface area contributed by atoms with Crippen LogP contribution in [0.2, 0.25) is 0 Å². The Labute approximate surface area is 142 Å². The molecule has 0 saturated carbocycles.